The van der Waals surface area contributed by atoms with Crippen LogP contribution in [0.4, 0.5) is 0 Å². The summed E-state index contributed by atoms with van der Waals surface area (Å²) in [5.41, 5.74) is 5.17. The highest BCUT2D eigenvalue weighted by atomic mass is 16.6. The van der Waals surface area contributed by atoms with Gasteiger partial charge in [0.15, 0.2) is 11.5 Å². The van der Waals surface area contributed by atoms with E-state index in [0.29, 0.717) is 32.8 Å². The van der Waals surface area contributed by atoms with E-state index in [0.717, 1.165) is 57.1 Å². The molecule has 186 valence electrons. The summed E-state index contributed by atoms with van der Waals surface area (Å²) in [6, 6.07) is 12.2. The van der Waals surface area contributed by atoms with Gasteiger partial charge in [0, 0.05) is 13.0 Å². The zero-order chi connectivity index (χ0) is 25.0. The Morgan fingerprint density at radius 3 is 2.54 bits per heavy atom. The van der Waals surface area contributed by atoms with Crippen LogP contribution in [-0.2, 0) is 16.0 Å². The number of carboxylic acids is 1. The van der Waals surface area contributed by atoms with Gasteiger partial charge >= 0.3 is 5.97 Å². The summed E-state index contributed by atoms with van der Waals surface area (Å²) in [7, 11) is 0. The maximum Gasteiger partial charge on any atom is 0.326 e. The van der Waals surface area contributed by atoms with Gasteiger partial charge in [-0.1, -0.05) is 35.9 Å². The lowest BCUT2D eigenvalue weighted by atomic mass is 9.91. The second-order valence-corrected chi connectivity index (χ2v) is 9.26. The Hall–Kier alpha value is -3.29. The molecule has 7 nitrogen and oxygen atoms in total. The van der Waals surface area contributed by atoms with Gasteiger partial charge in [0.2, 0.25) is 0 Å². The molecule has 0 radical (unpaired) electrons. The molecule has 0 aromatic heterocycles. The number of aliphatic hydroxyl groups excluding tert-OH is 1. The molecule has 2 aliphatic rings. The lowest BCUT2D eigenvalue weighted by Gasteiger charge is -2.25. The second kappa shape index (κ2) is 10.5. The van der Waals surface area contributed by atoms with Crippen molar-refractivity contribution in [2.24, 2.45) is 0 Å². The van der Waals surface area contributed by atoms with Crippen molar-refractivity contribution in [1.82, 2.24) is 5.32 Å². The quantitative estimate of drug-likeness (QED) is 0.500. The first-order valence-electron chi connectivity index (χ1n) is 11.9. The number of aliphatic hydroxyl groups is 1. The second-order valence-electron chi connectivity index (χ2n) is 9.26. The fourth-order valence-electron chi connectivity index (χ4n) is 4.32. The molecule has 3 N–H and O–H groups in total. The van der Waals surface area contributed by atoms with Crippen LogP contribution in [0.2, 0.25) is 0 Å². The van der Waals surface area contributed by atoms with Crippen LogP contribution in [-0.4, -0.2) is 54.7 Å². The number of fused-ring (bicyclic) bond motifs is 1. The summed E-state index contributed by atoms with van der Waals surface area (Å²) in [5.74, 6) is 1.32. The molecule has 1 unspecified atom stereocenters. The summed E-state index contributed by atoms with van der Waals surface area (Å²) >= 11 is 0. The summed E-state index contributed by atoms with van der Waals surface area (Å²) in [5, 5.41) is 22.3. The number of benzene rings is 2. The minimum absolute atomic E-state index is 0.327. The van der Waals surface area contributed by atoms with Crippen molar-refractivity contribution in [2.45, 2.75) is 39.2 Å². The SMILES string of the molecule is CC1=C(/C=C(/CNC(C)(CO)C(=O)O)Cc2cccc(-c3ccc4c(c3)OCCO4)c2C)CCO1. The summed E-state index contributed by atoms with van der Waals surface area (Å²) in [6.07, 6.45) is 3.56. The van der Waals surface area contributed by atoms with Crippen LogP contribution in [0.5, 0.6) is 11.5 Å². The van der Waals surface area contributed by atoms with E-state index in [-0.39, 0.29) is 0 Å². The molecule has 0 saturated carbocycles. The van der Waals surface area contributed by atoms with Crippen molar-refractivity contribution in [3.05, 3.63) is 70.5 Å². The predicted octanol–water partition coefficient (Wildman–Crippen LogP) is 4.02. The molecule has 7 heteroatoms. The molecule has 0 bridgehead atoms. The largest absolute Gasteiger partial charge is 0.498 e. The van der Waals surface area contributed by atoms with E-state index >= 15 is 0 Å². The molecule has 0 aliphatic carbocycles. The van der Waals surface area contributed by atoms with Crippen LogP contribution in [0, 0.1) is 6.92 Å². The number of carbonyl (C=O) groups is 1. The minimum atomic E-state index is -1.42. The molecule has 35 heavy (non-hydrogen) atoms. The number of carboxylic acid groups (broad SMARTS) is 1. The van der Waals surface area contributed by atoms with Crippen LogP contribution in [0.25, 0.3) is 11.1 Å². The van der Waals surface area contributed by atoms with E-state index in [9.17, 15) is 15.0 Å². The third kappa shape index (κ3) is 5.52. The molecule has 4 rings (SSSR count). The molecule has 2 aromatic carbocycles. The van der Waals surface area contributed by atoms with Gasteiger partial charge in [-0.3, -0.25) is 10.1 Å². The van der Waals surface area contributed by atoms with Gasteiger partial charge in [-0.05, 0) is 67.2 Å². The summed E-state index contributed by atoms with van der Waals surface area (Å²) < 4.78 is 17.1. The van der Waals surface area contributed by atoms with Gasteiger partial charge in [0.25, 0.3) is 0 Å². The third-order valence-corrected chi connectivity index (χ3v) is 6.73. The van der Waals surface area contributed by atoms with Crippen LogP contribution in [0.3, 0.4) is 0 Å². The predicted molar refractivity (Wildman–Crippen MR) is 134 cm³/mol. The lowest BCUT2D eigenvalue weighted by molar-refractivity contribution is -0.145. The standard InChI is InChI=1S/C28H33NO6/c1-18-21(5-4-6-24(18)23-7-8-25-26(15-23)35-12-11-34-25)13-20(14-22-9-10-33-19(22)2)16-29-28(3,17-30)27(31)32/h4-8,14-15,29-30H,9-13,16-17H2,1-3H3,(H,31,32)/b20-14+. The molecular formula is C28H33NO6. The van der Waals surface area contributed by atoms with Crippen molar-refractivity contribution in [2.75, 3.05) is 33.0 Å². The molecule has 0 amide bonds. The molecule has 0 saturated heterocycles. The maximum atomic E-state index is 11.7. The van der Waals surface area contributed by atoms with Crippen molar-refractivity contribution in [3.8, 4) is 22.6 Å². The van der Waals surface area contributed by atoms with E-state index in [1.165, 1.54) is 6.92 Å². The number of allylic oxidation sites excluding steroid dienone is 2. The van der Waals surface area contributed by atoms with E-state index in [1.54, 1.807) is 0 Å². The van der Waals surface area contributed by atoms with Crippen molar-refractivity contribution in [3.63, 3.8) is 0 Å². The van der Waals surface area contributed by atoms with Gasteiger partial charge in [-0.25, -0.2) is 0 Å². The topological polar surface area (TPSA) is 97.3 Å². The fraction of sp³-hybridized carbons (Fsp3) is 0.393. The number of hydrogen-bond donors (Lipinski definition) is 3. The third-order valence-electron chi connectivity index (χ3n) is 6.73. The Morgan fingerprint density at radius 2 is 1.86 bits per heavy atom. The molecule has 2 aliphatic heterocycles. The average Bonchev–Trinajstić information content (AvgIpc) is 3.27. The Morgan fingerprint density at radius 1 is 1.09 bits per heavy atom. The van der Waals surface area contributed by atoms with Crippen molar-refractivity contribution in [1.29, 1.82) is 0 Å². The Labute approximate surface area is 206 Å². The highest BCUT2D eigenvalue weighted by Gasteiger charge is 2.32. The van der Waals surface area contributed by atoms with E-state index in [1.807, 2.05) is 31.2 Å². The fourth-order valence-corrected chi connectivity index (χ4v) is 4.32. The zero-order valence-electron chi connectivity index (χ0n) is 20.5. The molecule has 0 spiro atoms. The van der Waals surface area contributed by atoms with E-state index in [2.05, 4.69) is 30.4 Å². The smallest absolute Gasteiger partial charge is 0.326 e. The van der Waals surface area contributed by atoms with E-state index < -0.39 is 18.1 Å². The van der Waals surface area contributed by atoms with Crippen LogP contribution in [0.15, 0.2) is 59.4 Å². The Bertz CT molecular complexity index is 1170. The van der Waals surface area contributed by atoms with Gasteiger partial charge < -0.3 is 24.4 Å². The maximum absolute atomic E-state index is 11.7. The van der Waals surface area contributed by atoms with Gasteiger partial charge in [-0.15, -0.1) is 0 Å². The van der Waals surface area contributed by atoms with Gasteiger partial charge in [0.05, 0.1) is 19.0 Å². The highest BCUT2D eigenvalue weighted by Crippen LogP contribution is 2.36. The van der Waals surface area contributed by atoms with Crippen LogP contribution >= 0.6 is 0 Å². The normalized spacial score (nSPS) is 17.2. The molecule has 0 fully saturated rings. The van der Waals surface area contributed by atoms with Crippen LogP contribution < -0.4 is 14.8 Å². The number of hydrogen-bond acceptors (Lipinski definition) is 6. The molecule has 2 heterocycles. The number of rotatable bonds is 9. The Kier molecular flexibility index (Phi) is 7.48. The van der Waals surface area contributed by atoms with Gasteiger partial charge in [-0.2, -0.15) is 0 Å². The molecule has 2 aromatic rings. The first kappa shape index (κ1) is 24.8. The van der Waals surface area contributed by atoms with Gasteiger partial charge in [0.1, 0.15) is 18.8 Å². The summed E-state index contributed by atoms with van der Waals surface area (Å²) in [6.45, 7) is 7.12. The van der Waals surface area contributed by atoms with Crippen molar-refractivity contribution < 1.29 is 29.2 Å². The molecule has 1 atom stereocenters. The monoisotopic (exact) mass is 479 g/mol. The van der Waals surface area contributed by atoms with Crippen LogP contribution in [0.1, 0.15) is 31.4 Å². The average molecular weight is 480 g/mol. The lowest BCUT2D eigenvalue weighted by Crippen LogP contribution is -2.53. The number of aliphatic carboxylic acids is 1. The minimum Gasteiger partial charge on any atom is -0.498 e. The number of ether oxygens (including phenoxy) is 3. The van der Waals surface area contributed by atoms with E-state index in [4.69, 9.17) is 14.2 Å². The highest BCUT2D eigenvalue weighted by molar-refractivity contribution is 5.78. The Balaban J connectivity index is 1.63. The first-order chi connectivity index (χ1) is 16.8. The summed E-state index contributed by atoms with van der Waals surface area (Å²) in [4.78, 5) is 11.7. The number of nitrogens with one attached hydrogen (secondary N) is 1. The van der Waals surface area contributed by atoms with Crippen molar-refractivity contribution >= 4 is 5.97 Å². The molecular weight excluding hydrogens is 446 g/mol. The zero-order valence-corrected chi connectivity index (χ0v) is 20.5. The first-order valence-corrected chi connectivity index (χ1v) is 11.9.